The summed E-state index contributed by atoms with van der Waals surface area (Å²) in [5, 5.41) is 0. The third kappa shape index (κ3) is 6.53. The molecule has 150 valence electrons. The fourth-order valence-electron chi connectivity index (χ4n) is 2.45. The summed E-state index contributed by atoms with van der Waals surface area (Å²) in [5.74, 6) is 0.548. The number of nitrogens with one attached hydrogen (secondary N) is 2. The summed E-state index contributed by atoms with van der Waals surface area (Å²) in [4.78, 5) is 23.8. The second-order valence-electron chi connectivity index (χ2n) is 6.40. The molecule has 0 aliphatic carbocycles. The molecule has 0 radical (unpaired) electrons. The van der Waals surface area contributed by atoms with Gasteiger partial charge >= 0.3 is 0 Å². The number of para-hydroxylation sites is 1. The monoisotopic (exact) mass is 512 g/mol. The Morgan fingerprint density at radius 3 is 2.21 bits per heavy atom. The number of halogens is 2. The Morgan fingerprint density at radius 1 is 1.00 bits per heavy atom. The molecule has 2 aromatic rings. The Balaban J connectivity index is 1.78. The molecule has 0 aromatic heterocycles. The Bertz CT molecular complexity index is 833. The first-order chi connectivity index (χ1) is 13.3. The van der Waals surface area contributed by atoms with Gasteiger partial charge in [-0.3, -0.25) is 20.4 Å². The summed E-state index contributed by atoms with van der Waals surface area (Å²) >= 11 is 6.78. The van der Waals surface area contributed by atoms with Gasteiger partial charge in [0.1, 0.15) is 11.5 Å². The van der Waals surface area contributed by atoms with Crippen LogP contribution in [0, 0.1) is 6.92 Å². The molecule has 0 bridgehead atoms. The summed E-state index contributed by atoms with van der Waals surface area (Å²) in [5.41, 5.74) is 6.51. The van der Waals surface area contributed by atoms with Gasteiger partial charge in [0.2, 0.25) is 0 Å². The van der Waals surface area contributed by atoms with E-state index in [0.717, 1.165) is 20.1 Å². The summed E-state index contributed by atoms with van der Waals surface area (Å²) in [6.07, 6.45) is 0. The molecule has 0 spiro atoms. The summed E-state index contributed by atoms with van der Waals surface area (Å²) in [6.45, 7) is 5.53. The molecule has 0 saturated heterocycles. The minimum Gasteiger partial charge on any atom is -0.483 e. The van der Waals surface area contributed by atoms with E-state index in [9.17, 15) is 9.59 Å². The fraction of sp³-hybridized carbons (Fsp3) is 0.300. The molecule has 0 aliphatic heterocycles. The molecule has 0 heterocycles. The molecular weight excluding hydrogens is 492 g/mol. The van der Waals surface area contributed by atoms with E-state index >= 15 is 0 Å². The standard InChI is InChI=1S/C20H22Br2N2O4/c1-12(2)15-6-4-5-7-17(15)27-10-18(25)23-24-19(26)11-28-20-13(3)8-14(21)9-16(20)22/h4-9,12H,10-11H2,1-3H3,(H,23,25)(H,24,26). The lowest BCUT2D eigenvalue weighted by atomic mass is 10.0. The minimum absolute atomic E-state index is 0.206. The van der Waals surface area contributed by atoms with Crippen LogP contribution >= 0.6 is 31.9 Å². The van der Waals surface area contributed by atoms with Gasteiger partial charge in [0.15, 0.2) is 13.2 Å². The van der Waals surface area contributed by atoms with Crippen LogP contribution in [0.15, 0.2) is 45.3 Å². The molecule has 2 amide bonds. The molecule has 0 atom stereocenters. The predicted molar refractivity (Wildman–Crippen MR) is 114 cm³/mol. The second kappa shape index (κ2) is 10.5. The maximum Gasteiger partial charge on any atom is 0.276 e. The highest BCUT2D eigenvalue weighted by Gasteiger charge is 2.12. The van der Waals surface area contributed by atoms with Gasteiger partial charge in [0.05, 0.1) is 4.47 Å². The van der Waals surface area contributed by atoms with Crippen LogP contribution in [0.2, 0.25) is 0 Å². The van der Waals surface area contributed by atoms with E-state index in [4.69, 9.17) is 9.47 Å². The number of hydrazine groups is 1. The number of rotatable bonds is 7. The van der Waals surface area contributed by atoms with Crippen molar-refractivity contribution in [2.45, 2.75) is 26.7 Å². The van der Waals surface area contributed by atoms with Crippen molar-refractivity contribution in [3.63, 3.8) is 0 Å². The number of aryl methyl sites for hydroxylation is 1. The van der Waals surface area contributed by atoms with Crippen LogP contribution in [0.4, 0.5) is 0 Å². The van der Waals surface area contributed by atoms with Crippen LogP contribution in [0.1, 0.15) is 30.9 Å². The van der Waals surface area contributed by atoms with E-state index in [0.29, 0.717) is 11.5 Å². The van der Waals surface area contributed by atoms with Crippen molar-refractivity contribution in [2.24, 2.45) is 0 Å². The second-order valence-corrected chi connectivity index (χ2v) is 8.17. The Hall–Kier alpha value is -2.06. The highest BCUT2D eigenvalue weighted by atomic mass is 79.9. The van der Waals surface area contributed by atoms with Crippen LogP contribution in [-0.4, -0.2) is 25.0 Å². The van der Waals surface area contributed by atoms with Crippen LogP contribution < -0.4 is 20.3 Å². The van der Waals surface area contributed by atoms with Gasteiger partial charge in [0.25, 0.3) is 11.8 Å². The highest BCUT2D eigenvalue weighted by Crippen LogP contribution is 2.32. The first kappa shape index (κ1) is 22.2. The average Bonchev–Trinajstić information content (AvgIpc) is 2.63. The highest BCUT2D eigenvalue weighted by molar-refractivity contribution is 9.11. The Kier molecular flexibility index (Phi) is 8.32. The van der Waals surface area contributed by atoms with Gasteiger partial charge in [-0.2, -0.15) is 0 Å². The number of carbonyl (C=O) groups excluding carboxylic acids is 2. The van der Waals surface area contributed by atoms with E-state index < -0.39 is 11.8 Å². The van der Waals surface area contributed by atoms with E-state index in [1.165, 1.54) is 0 Å². The van der Waals surface area contributed by atoms with Crippen molar-refractivity contribution in [1.82, 2.24) is 10.9 Å². The fourth-order valence-corrected chi connectivity index (χ4v) is 4.01. The molecule has 8 heteroatoms. The lowest BCUT2D eigenvalue weighted by Crippen LogP contribution is -2.45. The van der Waals surface area contributed by atoms with E-state index in [-0.39, 0.29) is 19.1 Å². The SMILES string of the molecule is Cc1cc(Br)cc(Br)c1OCC(=O)NNC(=O)COc1ccccc1C(C)C. The van der Waals surface area contributed by atoms with Gasteiger partial charge in [-0.1, -0.05) is 48.0 Å². The molecule has 0 unspecified atom stereocenters. The van der Waals surface area contributed by atoms with Crippen molar-refractivity contribution in [1.29, 1.82) is 0 Å². The molecular formula is C20H22Br2N2O4. The van der Waals surface area contributed by atoms with Crippen molar-refractivity contribution < 1.29 is 19.1 Å². The number of benzene rings is 2. The van der Waals surface area contributed by atoms with Crippen LogP contribution in [0.3, 0.4) is 0 Å². The molecule has 0 fully saturated rings. The predicted octanol–water partition coefficient (Wildman–Crippen LogP) is 4.25. The van der Waals surface area contributed by atoms with Crippen molar-refractivity contribution >= 4 is 43.7 Å². The summed E-state index contributed by atoms with van der Waals surface area (Å²) in [7, 11) is 0. The van der Waals surface area contributed by atoms with Crippen LogP contribution in [0.25, 0.3) is 0 Å². The summed E-state index contributed by atoms with van der Waals surface area (Å²) in [6, 6.07) is 11.3. The molecule has 2 N–H and O–H groups in total. The van der Waals surface area contributed by atoms with E-state index in [1.807, 2.05) is 57.2 Å². The third-order valence-corrected chi connectivity index (χ3v) is 4.83. The van der Waals surface area contributed by atoms with Crippen LogP contribution in [-0.2, 0) is 9.59 Å². The largest absolute Gasteiger partial charge is 0.483 e. The molecule has 6 nitrogen and oxygen atoms in total. The molecule has 0 aliphatic rings. The van der Waals surface area contributed by atoms with Gasteiger partial charge < -0.3 is 9.47 Å². The minimum atomic E-state index is -0.481. The van der Waals surface area contributed by atoms with Gasteiger partial charge in [-0.25, -0.2) is 0 Å². The molecule has 0 saturated carbocycles. The molecule has 28 heavy (non-hydrogen) atoms. The lowest BCUT2D eigenvalue weighted by Gasteiger charge is -2.14. The first-order valence-electron chi connectivity index (χ1n) is 8.65. The topological polar surface area (TPSA) is 76.7 Å². The zero-order chi connectivity index (χ0) is 20.7. The molecule has 2 rings (SSSR count). The van der Waals surface area contributed by atoms with Crippen molar-refractivity contribution in [3.05, 3.63) is 56.5 Å². The van der Waals surface area contributed by atoms with E-state index in [1.54, 1.807) is 0 Å². The zero-order valence-corrected chi connectivity index (χ0v) is 19.0. The average molecular weight is 514 g/mol. The first-order valence-corrected chi connectivity index (χ1v) is 10.2. The van der Waals surface area contributed by atoms with E-state index in [2.05, 4.69) is 42.7 Å². The quantitative estimate of drug-likeness (QED) is 0.542. The Morgan fingerprint density at radius 2 is 1.61 bits per heavy atom. The van der Waals surface area contributed by atoms with Crippen molar-refractivity contribution in [2.75, 3.05) is 13.2 Å². The number of hydrogen-bond acceptors (Lipinski definition) is 4. The smallest absolute Gasteiger partial charge is 0.276 e. The number of ether oxygens (including phenoxy) is 2. The number of amides is 2. The van der Waals surface area contributed by atoms with Gasteiger partial charge in [-0.15, -0.1) is 0 Å². The normalized spacial score (nSPS) is 10.5. The van der Waals surface area contributed by atoms with Gasteiger partial charge in [0, 0.05) is 4.47 Å². The maximum absolute atomic E-state index is 11.9. The zero-order valence-electron chi connectivity index (χ0n) is 15.8. The van der Waals surface area contributed by atoms with Crippen molar-refractivity contribution in [3.8, 4) is 11.5 Å². The summed E-state index contributed by atoms with van der Waals surface area (Å²) < 4.78 is 12.7. The lowest BCUT2D eigenvalue weighted by molar-refractivity contribution is -0.131. The van der Waals surface area contributed by atoms with Crippen LogP contribution in [0.5, 0.6) is 11.5 Å². The third-order valence-electron chi connectivity index (χ3n) is 3.78. The Labute approximate surface area is 181 Å². The maximum atomic E-state index is 11.9. The van der Waals surface area contributed by atoms with Gasteiger partial charge in [-0.05, 0) is 58.1 Å². The number of carbonyl (C=O) groups is 2. The number of hydrogen-bond donors (Lipinski definition) is 2. The molecule has 2 aromatic carbocycles.